The number of carbonyl (C=O) groups is 4. The number of rotatable bonds is 9. The Morgan fingerprint density at radius 2 is 1.57 bits per heavy atom. The van der Waals surface area contributed by atoms with E-state index in [0.29, 0.717) is 49.4 Å². The van der Waals surface area contributed by atoms with Crippen LogP contribution in [0.4, 0.5) is 26.9 Å². The van der Waals surface area contributed by atoms with Crippen molar-refractivity contribution in [2.75, 3.05) is 35.2 Å². The summed E-state index contributed by atoms with van der Waals surface area (Å²) in [5, 5.41) is 11.7. The van der Waals surface area contributed by atoms with Crippen LogP contribution in [0.25, 0.3) is 11.0 Å². The number of pyridine rings is 1. The topological polar surface area (TPSA) is 197 Å². The number of hydrogen-bond donors (Lipinski definition) is 5. The lowest BCUT2D eigenvalue weighted by Gasteiger charge is -2.32. The highest BCUT2D eigenvalue weighted by Gasteiger charge is 2.25. The Balaban J connectivity index is 1.18. The van der Waals surface area contributed by atoms with Crippen LogP contribution < -0.4 is 31.7 Å². The molecule has 2 aromatic carbocycles. The Morgan fingerprint density at radius 1 is 0.889 bits per heavy atom. The molecular formula is C38H45ClN8O7. The number of nitrogens with zero attached hydrogens (tertiary/aromatic N) is 3. The van der Waals surface area contributed by atoms with Crippen LogP contribution in [0.15, 0.2) is 59.5 Å². The van der Waals surface area contributed by atoms with Gasteiger partial charge in [0.25, 0.3) is 17.4 Å². The van der Waals surface area contributed by atoms with Crippen LogP contribution in [0.5, 0.6) is 0 Å². The van der Waals surface area contributed by atoms with Gasteiger partial charge in [0.05, 0.1) is 10.7 Å². The average molecular weight is 761 g/mol. The SMILES string of the molecule is CC(C)(C)OC(=O)Nc1ccccc1CCNC(=O)c1ccc(Cl)c(NC(=O)c2cc3cnc(N4CCC(NC(=O)OC(C)(C)C)CC4)nc3[nH]c2=O)c1. The second-order valence-electron chi connectivity index (χ2n) is 14.8. The number of benzene rings is 2. The zero-order valence-electron chi connectivity index (χ0n) is 31.1. The summed E-state index contributed by atoms with van der Waals surface area (Å²) in [6.45, 7) is 12.2. The first-order chi connectivity index (χ1) is 25.4. The molecule has 0 spiro atoms. The van der Waals surface area contributed by atoms with E-state index in [4.69, 9.17) is 21.1 Å². The highest BCUT2D eigenvalue weighted by Crippen LogP contribution is 2.25. The minimum absolute atomic E-state index is 0.0505. The van der Waals surface area contributed by atoms with E-state index < -0.39 is 40.8 Å². The summed E-state index contributed by atoms with van der Waals surface area (Å²) in [5.41, 5.74) is -0.114. The predicted molar refractivity (Wildman–Crippen MR) is 207 cm³/mol. The second kappa shape index (κ2) is 16.5. The van der Waals surface area contributed by atoms with Crippen molar-refractivity contribution < 1.29 is 28.7 Å². The number of nitrogens with one attached hydrogen (secondary N) is 5. The Hall–Kier alpha value is -5.70. The number of aromatic amines is 1. The lowest BCUT2D eigenvalue weighted by atomic mass is 10.1. The number of aromatic nitrogens is 3. The molecule has 286 valence electrons. The van der Waals surface area contributed by atoms with E-state index in [-0.39, 0.29) is 40.1 Å². The van der Waals surface area contributed by atoms with Crippen LogP contribution in [0.3, 0.4) is 0 Å². The molecule has 1 fully saturated rings. The number of para-hydroxylation sites is 1. The summed E-state index contributed by atoms with van der Waals surface area (Å²) in [6.07, 6.45) is 2.22. The first kappa shape index (κ1) is 39.5. The van der Waals surface area contributed by atoms with Crippen LogP contribution in [0, 0.1) is 0 Å². The summed E-state index contributed by atoms with van der Waals surface area (Å²) in [6, 6.07) is 13.0. The van der Waals surface area contributed by atoms with Crippen LogP contribution >= 0.6 is 11.6 Å². The molecule has 1 saturated heterocycles. The number of alkyl carbamates (subject to hydrolysis) is 1. The molecule has 4 amide bonds. The van der Waals surface area contributed by atoms with Gasteiger partial charge in [-0.2, -0.15) is 4.98 Å². The van der Waals surface area contributed by atoms with Crippen molar-refractivity contribution in [2.45, 2.75) is 78.0 Å². The molecule has 2 aromatic heterocycles. The summed E-state index contributed by atoms with van der Waals surface area (Å²) in [4.78, 5) is 77.5. The van der Waals surface area contributed by atoms with E-state index in [2.05, 4.69) is 36.2 Å². The largest absolute Gasteiger partial charge is 0.444 e. The molecule has 1 aliphatic heterocycles. The molecule has 0 aliphatic carbocycles. The molecule has 54 heavy (non-hydrogen) atoms. The van der Waals surface area contributed by atoms with Gasteiger partial charge in [-0.3, -0.25) is 19.7 Å². The molecule has 5 N–H and O–H groups in total. The molecule has 0 saturated carbocycles. The molecule has 0 bridgehead atoms. The second-order valence-corrected chi connectivity index (χ2v) is 15.2. The van der Waals surface area contributed by atoms with Crippen LogP contribution in [-0.4, -0.2) is 75.8 Å². The maximum atomic E-state index is 13.3. The fraction of sp³-hybridized carbons (Fsp3) is 0.395. The van der Waals surface area contributed by atoms with Crippen molar-refractivity contribution in [3.8, 4) is 0 Å². The highest BCUT2D eigenvalue weighted by atomic mass is 35.5. The monoisotopic (exact) mass is 760 g/mol. The Bertz CT molecular complexity index is 2100. The van der Waals surface area contributed by atoms with Crippen molar-refractivity contribution >= 4 is 64.0 Å². The Kier molecular flexibility index (Phi) is 12.1. The van der Waals surface area contributed by atoms with E-state index in [1.807, 2.05) is 37.8 Å². The van der Waals surface area contributed by atoms with Crippen LogP contribution in [0.2, 0.25) is 5.02 Å². The zero-order chi connectivity index (χ0) is 39.2. The molecule has 1 aliphatic rings. The van der Waals surface area contributed by atoms with Gasteiger partial charge < -0.3 is 35.3 Å². The van der Waals surface area contributed by atoms with Crippen molar-refractivity contribution in [1.29, 1.82) is 0 Å². The highest BCUT2D eigenvalue weighted by molar-refractivity contribution is 6.34. The van der Waals surface area contributed by atoms with Crippen LogP contribution in [-0.2, 0) is 15.9 Å². The van der Waals surface area contributed by atoms with E-state index in [9.17, 15) is 24.0 Å². The fourth-order valence-electron chi connectivity index (χ4n) is 5.64. The molecule has 4 aromatic rings. The third kappa shape index (κ3) is 10.9. The lowest BCUT2D eigenvalue weighted by molar-refractivity contribution is 0.0496. The molecular weight excluding hydrogens is 716 g/mol. The number of H-pyrrole nitrogens is 1. The van der Waals surface area contributed by atoms with Gasteiger partial charge in [0, 0.05) is 48.5 Å². The minimum atomic E-state index is -0.740. The smallest absolute Gasteiger partial charge is 0.412 e. The number of anilines is 3. The van der Waals surface area contributed by atoms with E-state index in [0.717, 1.165) is 5.56 Å². The number of amides is 4. The number of fused-ring (bicyclic) bond motifs is 1. The molecule has 15 nitrogen and oxygen atoms in total. The number of hydrogen-bond acceptors (Lipinski definition) is 10. The predicted octanol–water partition coefficient (Wildman–Crippen LogP) is 6.04. The molecule has 0 atom stereocenters. The van der Waals surface area contributed by atoms with Gasteiger partial charge in [0.2, 0.25) is 5.95 Å². The number of carbonyl (C=O) groups excluding carboxylic acids is 4. The Labute approximate surface area is 317 Å². The van der Waals surface area contributed by atoms with Gasteiger partial charge in [0.15, 0.2) is 0 Å². The lowest BCUT2D eigenvalue weighted by Crippen LogP contribution is -2.46. The standard InChI is InChI=1S/C38H45ClN8O7/c1-37(2,3)53-35(51)42-25-14-17-47(18-15-25)34-41-21-24-19-26(33(50)45-30(24)46-34)32(49)43-29-20-23(11-12-27(29)39)31(48)40-16-13-22-9-7-8-10-28(22)44-36(52)54-38(4,5)6/h7-12,19-21,25H,13-18H2,1-6H3,(H,40,48)(H,42,51)(H,43,49)(H,44,52)(H,41,45,46,50). The minimum Gasteiger partial charge on any atom is -0.444 e. The summed E-state index contributed by atoms with van der Waals surface area (Å²) >= 11 is 6.37. The summed E-state index contributed by atoms with van der Waals surface area (Å²) < 4.78 is 10.7. The van der Waals surface area contributed by atoms with Crippen molar-refractivity contribution in [1.82, 2.24) is 25.6 Å². The van der Waals surface area contributed by atoms with Crippen molar-refractivity contribution in [3.63, 3.8) is 0 Å². The molecule has 0 unspecified atom stereocenters. The van der Waals surface area contributed by atoms with Gasteiger partial charge >= 0.3 is 12.2 Å². The van der Waals surface area contributed by atoms with E-state index >= 15 is 0 Å². The average Bonchev–Trinajstić information content (AvgIpc) is 3.08. The summed E-state index contributed by atoms with van der Waals surface area (Å²) in [7, 11) is 0. The van der Waals surface area contributed by atoms with E-state index in [1.54, 1.807) is 32.9 Å². The van der Waals surface area contributed by atoms with Crippen molar-refractivity contribution in [2.24, 2.45) is 0 Å². The van der Waals surface area contributed by atoms with E-state index in [1.165, 1.54) is 30.5 Å². The van der Waals surface area contributed by atoms with Gasteiger partial charge in [-0.1, -0.05) is 29.8 Å². The maximum Gasteiger partial charge on any atom is 0.412 e. The van der Waals surface area contributed by atoms with Crippen LogP contribution in [0.1, 0.15) is 80.7 Å². The number of ether oxygens (including phenoxy) is 2. The zero-order valence-corrected chi connectivity index (χ0v) is 31.8. The van der Waals surface area contributed by atoms with Gasteiger partial charge in [-0.15, -0.1) is 0 Å². The molecule has 5 rings (SSSR count). The molecule has 16 heteroatoms. The van der Waals surface area contributed by atoms with Gasteiger partial charge in [-0.05, 0) is 96.7 Å². The van der Waals surface area contributed by atoms with Crippen molar-refractivity contribution in [3.05, 3.63) is 86.8 Å². The third-order valence-electron chi connectivity index (χ3n) is 8.13. The third-order valence-corrected chi connectivity index (χ3v) is 8.46. The maximum absolute atomic E-state index is 13.3. The first-order valence-electron chi connectivity index (χ1n) is 17.6. The quantitative estimate of drug-likeness (QED) is 0.134. The fourth-order valence-corrected chi connectivity index (χ4v) is 5.81. The molecule has 3 heterocycles. The van der Waals surface area contributed by atoms with Gasteiger partial charge in [0.1, 0.15) is 22.4 Å². The number of piperidine rings is 1. The number of halogens is 1. The Morgan fingerprint density at radius 3 is 2.28 bits per heavy atom. The normalized spacial score (nSPS) is 13.6. The van der Waals surface area contributed by atoms with Gasteiger partial charge in [-0.25, -0.2) is 14.6 Å². The summed E-state index contributed by atoms with van der Waals surface area (Å²) in [5.74, 6) is -0.746. The molecule has 0 radical (unpaired) electrons. The first-order valence-corrected chi connectivity index (χ1v) is 17.9.